The van der Waals surface area contributed by atoms with Crippen molar-refractivity contribution in [3.63, 3.8) is 0 Å². The maximum Gasteiger partial charge on any atom is 0.123 e. The van der Waals surface area contributed by atoms with E-state index in [4.69, 9.17) is 0 Å². The van der Waals surface area contributed by atoms with E-state index in [9.17, 15) is 4.39 Å². The number of rotatable bonds is 5. The number of benzene rings is 1. The molecule has 3 heteroatoms. The number of anilines is 1. The molecule has 0 aliphatic rings. The summed E-state index contributed by atoms with van der Waals surface area (Å²) in [5.74, 6) is 0.386. The van der Waals surface area contributed by atoms with Gasteiger partial charge in [-0.25, -0.2) is 4.39 Å². The number of nitrogens with one attached hydrogen (secondary N) is 1. The molecule has 1 N–H and O–H groups in total. The van der Waals surface area contributed by atoms with Gasteiger partial charge in [0.25, 0.3) is 0 Å². The summed E-state index contributed by atoms with van der Waals surface area (Å²) in [5.41, 5.74) is 2.10. The fourth-order valence-corrected chi connectivity index (χ4v) is 1.90. The lowest BCUT2D eigenvalue weighted by Gasteiger charge is -2.31. The first-order valence-corrected chi connectivity index (χ1v) is 6.13. The maximum atomic E-state index is 13.2. The molecule has 1 aromatic carbocycles. The molecule has 0 bridgehead atoms. The lowest BCUT2D eigenvalue weighted by Crippen LogP contribution is -2.34. The molecular weight excluding hydrogens is 215 g/mol. The van der Waals surface area contributed by atoms with Gasteiger partial charge in [-0.2, -0.15) is 0 Å². The van der Waals surface area contributed by atoms with Crippen LogP contribution in [0.2, 0.25) is 0 Å². The van der Waals surface area contributed by atoms with Crippen molar-refractivity contribution in [1.29, 1.82) is 0 Å². The van der Waals surface area contributed by atoms with Crippen LogP contribution in [-0.4, -0.2) is 20.1 Å². The van der Waals surface area contributed by atoms with Crippen LogP contribution in [0.25, 0.3) is 0 Å². The minimum absolute atomic E-state index is 0.176. The fourth-order valence-electron chi connectivity index (χ4n) is 1.90. The van der Waals surface area contributed by atoms with E-state index in [1.54, 1.807) is 6.07 Å². The van der Waals surface area contributed by atoms with Crippen LogP contribution < -0.4 is 10.2 Å². The highest BCUT2D eigenvalue weighted by molar-refractivity contribution is 5.54. The van der Waals surface area contributed by atoms with Crippen LogP contribution in [0.3, 0.4) is 0 Å². The van der Waals surface area contributed by atoms with Crippen molar-refractivity contribution in [2.24, 2.45) is 5.92 Å². The number of hydrogen-bond donors (Lipinski definition) is 1. The lowest BCUT2D eigenvalue weighted by molar-refractivity contribution is 0.504. The van der Waals surface area contributed by atoms with Crippen LogP contribution >= 0.6 is 0 Å². The molecule has 0 heterocycles. The van der Waals surface area contributed by atoms with E-state index in [1.165, 1.54) is 6.07 Å². The highest BCUT2D eigenvalue weighted by Gasteiger charge is 2.16. The zero-order valence-corrected chi connectivity index (χ0v) is 11.4. The van der Waals surface area contributed by atoms with Crippen molar-refractivity contribution in [3.8, 4) is 0 Å². The van der Waals surface area contributed by atoms with Gasteiger partial charge in [0.1, 0.15) is 5.82 Å². The number of nitrogens with zero attached hydrogens (tertiary/aromatic N) is 1. The molecule has 1 atom stereocenters. The molecule has 0 fully saturated rings. The summed E-state index contributed by atoms with van der Waals surface area (Å²) in [5, 5.41) is 3.08. The SMILES string of the molecule is CNCc1cc(F)ccc1N(C)C(C)C(C)C. The average molecular weight is 238 g/mol. The minimum Gasteiger partial charge on any atom is -0.371 e. The Balaban J connectivity index is 3.03. The number of hydrogen-bond acceptors (Lipinski definition) is 2. The molecule has 17 heavy (non-hydrogen) atoms. The summed E-state index contributed by atoms with van der Waals surface area (Å²) < 4.78 is 13.2. The topological polar surface area (TPSA) is 15.3 Å². The smallest absolute Gasteiger partial charge is 0.123 e. The van der Waals surface area contributed by atoms with Crippen LogP contribution in [0.4, 0.5) is 10.1 Å². The van der Waals surface area contributed by atoms with E-state index in [-0.39, 0.29) is 5.82 Å². The van der Waals surface area contributed by atoms with Crippen molar-refractivity contribution >= 4 is 5.69 Å². The third-order valence-corrected chi connectivity index (χ3v) is 3.36. The molecule has 0 amide bonds. The zero-order chi connectivity index (χ0) is 13.0. The quantitative estimate of drug-likeness (QED) is 0.848. The highest BCUT2D eigenvalue weighted by atomic mass is 19.1. The molecular formula is C14H23FN2. The van der Waals surface area contributed by atoms with Gasteiger partial charge >= 0.3 is 0 Å². The summed E-state index contributed by atoms with van der Waals surface area (Å²) in [6.07, 6.45) is 0. The van der Waals surface area contributed by atoms with Gasteiger partial charge in [-0.05, 0) is 43.7 Å². The minimum atomic E-state index is -0.176. The second kappa shape index (κ2) is 6.01. The molecule has 2 nitrogen and oxygen atoms in total. The van der Waals surface area contributed by atoms with E-state index in [1.807, 2.05) is 13.1 Å². The van der Waals surface area contributed by atoms with Gasteiger partial charge in [0, 0.05) is 25.3 Å². The van der Waals surface area contributed by atoms with Gasteiger partial charge in [-0.15, -0.1) is 0 Å². The number of halogens is 1. The van der Waals surface area contributed by atoms with Crippen LogP contribution in [0.5, 0.6) is 0 Å². The molecule has 1 aromatic rings. The van der Waals surface area contributed by atoms with Crippen molar-refractivity contribution < 1.29 is 4.39 Å². The van der Waals surface area contributed by atoms with E-state index in [2.05, 4.69) is 38.0 Å². The fraction of sp³-hybridized carbons (Fsp3) is 0.571. The van der Waals surface area contributed by atoms with Crippen molar-refractivity contribution in [3.05, 3.63) is 29.6 Å². The molecule has 0 aliphatic carbocycles. The monoisotopic (exact) mass is 238 g/mol. The van der Waals surface area contributed by atoms with Gasteiger partial charge in [-0.1, -0.05) is 13.8 Å². The second-order valence-corrected chi connectivity index (χ2v) is 4.90. The molecule has 0 saturated heterocycles. The van der Waals surface area contributed by atoms with Gasteiger partial charge in [-0.3, -0.25) is 0 Å². The largest absolute Gasteiger partial charge is 0.371 e. The Morgan fingerprint density at radius 2 is 1.94 bits per heavy atom. The Hall–Kier alpha value is -1.09. The highest BCUT2D eigenvalue weighted by Crippen LogP contribution is 2.24. The third-order valence-electron chi connectivity index (χ3n) is 3.36. The molecule has 0 aliphatic heterocycles. The van der Waals surface area contributed by atoms with Gasteiger partial charge in [0.2, 0.25) is 0 Å². The molecule has 0 spiro atoms. The molecule has 1 rings (SSSR count). The Morgan fingerprint density at radius 1 is 1.29 bits per heavy atom. The van der Waals surface area contributed by atoms with E-state index < -0.39 is 0 Å². The molecule has 0 aromatic heterocycles. The summed E-state index contributed by atoms with van der Waals surface area (Å²) >= 11 is 0. The van der Waals surface area contributed by atoms with Crippen molar-refractivity contribution in [2.45, 2.75) is 33.4 Å². The van der Waals surface area contributed by atoms with Crippen molar-refractivity contribution in [1.82, 2.24) is 5.32 Å². The van der Waals surface area contributed by atoms with Crippen LogP contribution in [0.1, 0.15) is 26.3 Å². The molecule has 0 radical (unpaired) electrons. The lowest BCUT2D eigenvalue weighted by atomic mass is 10.0. The van der Waals surface area contributed by atoms with E-state index in [0.29, 0.717) is 18.5 Å². The standard InChI is InChI=1S/C14H23FN2/c1-10(2)11(3)17(5)14-7-6-13(15)8-12(14)9-16-4/h6-8,10-11,16H,9H2,1-5H3. The molecule has 0 saturated carbocycles. The van der Waals surface area contributed by atoms with E-state index >= 15 is 0 Å². The Labute approximate surface area is 104 Å². The molecule has 1 unspecified atom stereocenters. The third kappa shape index (κ3) is 3.43. The van der Waals surface area contributed by atoms with Gasteiger partial charge < -0.3 is 10.2 Å². The van der Waals surface area contributed by atoms with Crippen molar-refractivity contribution in [2.75, 3.05) is 19.0 Å². The van der Waals surface area contributed by atoms with Gasteiger partial charge in [0.15, 0.2) is 0 Å². The zero-order valence-electron chi connectivity index (χ0n) is 11.4. The summed E-state index contributed by atoms with van der Waals surface area (Å²) in [6, 6.07) is 5.42. The normalized spacial score (nSPS) is 12.9. The summed E-state index contributed by atoms with van der Waals surface area (Å²) in [4.78, 5) is 2.22. The first-order chi connectivity index (χ1) is 7.97. The van der Waals surface area contributed by atoms with Gasteiger partial charge in [0.05, 0.1) is 0 Å². The van der Waals surface area contributed by atoms with Crippen LogP contribution in [-0.2, 0) is 6.54 Å². The predicted molar refractivity (Wildman–Crippen MR) is 71.9 cm³/mol. The Kier molecular flexibility index (Phi) is 4.94. The van der Waals surface area contributed by atoms with E-state index in [0.717, 1.165) is 11.3 Å². The first-order valence-electron chi connectivity index (χ1n) is 6.13. The Bertz CT molecular complexity index is 363. The average Bonchev–Trinajstić information content (AvgIpc) is 2.27. The Morgan fingerprint density at radius 3 is 2.47 bits per heavy atom. The summed E-state index contributed by atoms with van der Waals surface area (Å²) in [7, 11) is 3.94. The second-order valence-electron chi connectivity index (χ2n) is 4.90. The predicted octanol–water partition coefficient (Wildman–Crippen LogP) is 3.03. The van der Waals surface area contributed by atoms with Crippen LogP contribution in [0, 0.1) is 11.7 Å². The first kappa shape index (κ1) is 14.0. The maximum absolute atomic E-state index is 13.2. The molecule has 96 valence electrons. The summed E-state index contributed by atoms with van der Waals surface area (Å²) in [6.45, 7) is 7.27. The van der Waals surface area contributed by atoms with Crippen LogP contribution in [0.15, 0.2) is 18.2 Å².